The van der Waals surface area contributed by atoms with Gasteiger partial charge < -0.3 is 0 Å². The number of hydrogen-bond acceptors (Lipinski definition) is 2. The predicted octanol–water partition coefficient (Wildman–Crippen LogP) is 4.13. The minimum absolute atomic E-state index is 0.0154. The maximum atomic E-state index is 13.4. The zero-order chi connectivity index (χ0) is 13.0. The molecule has 90 valence electrons. The number of nitrogens with zero attached hydrogens (tertiary/aromatic N) is 1. The Kier molecular flexibility index (Phi) is 3.96. The highest BCUT2D eigenvalue weighted by molar-refractivity contribution is 7.98. The number of halogens is 2. The lowest BCUT2D eigenvalue weighted by atomic mass is 10.1. The Morgan fingerprint density at radius 2 is 1.83 bits per heavy atom. The Morgan fingerprint density at radius 1 is 1.06 bits per heavy atom. The summed E-state index contributed by atoms with van der Waals surface area (Å²) in [7, 11) is 0. The number of hydrogen-bond donors (Lipinski definition) is 0. The van der Waals surface area contributed by atoms with Gasteiger partial charge in [-0.1, -0.05) is 18.2 Å². The van der Waals surface area contributed by atoms with Gasteiger partial charge in [-0.15, -0.1) is 11.8 Å². The highest BCUT2D eigenvalue weighted by Crippen LogP contribution is 2.25. The van der Waals surface area contributed by atoms with Crippen molar-refractivity contribution in [3.63, 3.8) is 0 Å². The van der Waals surface area contributed by atoms with Crippen LogP contribution in [0.25, 0.3) is 0 Å². The number of rotatable bonds is 3. The van der Waals surface area contributed by atoms with Crippen molar-refractivity contribution in [3.05, 3.63) is 65.2 Å². The summed E-state index contributed by atoms with van der Waals surface area (Å²) < 4.78 is 26.5. The lowest BCUT2D eigenvalue weighted by Crippen LogP contribution is -1.88. The second kappa shape index (κ2) is 5.65. The highest BCUT2D eigenvalue weighted by atomic mass is 32.2. The molecular formula is C14H9F2NS. The lowest BCUT2D eigenvalue weighted by Gasteiger charge is -2.04. The molecule has 0 amide bonds. The van der Waals surface area contributed by atoms with Gasteiger partial charge in [-0.2, -0.15) is 5.26 Å². The van der Waals surface area contributed by atoms with Gasteiger partial charge in [-0.05, 0) is 29.8 Å². The molecule has 2 rings (SSSR count). The number of benzene rings is 2. The van der Waals surface area contributed by atoms with Crippen LogP contribution < -0.4 is 0 Å². The van der Waals surface area contributed by atoms with Gasteiger partial charge in [0.05, 0.1) is 5.56 Å². The van der Waals surface area contributed by atoms with Crippen molar-refractivity contribution in [2.24, 2.45) is 0 Å². The van der Waals surface area contributed by atoms with Crippen molar-refractivity contribution in [2.45, 2.75) is 10.6 Å². The summed E-state index contributed by atoms with van der Waals surface area (Å²) in [6.07, 6.45) is 0. The molecule has 0 fully saturated rings. The fourth-order valence-corrected chi connectivity index (χ4v) is 2.35. The first-order valence-electron chi connectivity index (χ1n) is 5.26. The van der Waals surface area contributed by atoms with Crippen LogP contribution in [0.3, 0.4) is 0 Å². The fraction of sp³-hybridized carbons (Fsp3) is 0.0714. The van der Waals surface area contributed by atoms with Crippen LogP contribution in [-0.2, 0) is 5.75 Å². The van der Waals surface area contributed by atoms with E-state index in [9.17, 15) is 8.78 Å². The summed E-state index contributed by atoms with van der Waals surface area (Å²) in [5.74, 6) is -0.308. The van der Waals surface area contributed by atoms with Gasteiger partial charge in [0.25, 0.3) is 0 Å². The molecule has 0 unspecified atom stereocenters. The van der Waals surface area contributed by atoms with Crippen LogP contribution in [0.2, 0.25) is 0 Å². The third-order valence-electron chi connectivity index (χ3n) is 2.38. The molecule has 0 radical (unpaired) electrons. The van der Waals surface area contributed by atoms with E-state index in [0.29, 0.717) is 10.6 Å². The Hall–Kier alpha value is -1.86. The molecule has 0 saturated heterocycles. The second-order valence-electron chi connectivity index (χ2n) is 3.65. The first kappa shape index (κ1) is 12.6. The standard InChI is InChI=1S/C14H9F2NS/c15-12-6-5-10(7-11(12)8-17)9-18-14-4-2-1-3-13(14)16/h1-7H,9H2. The van der Waals surface area contributed by atoms with Gasteiger partial charge in [-0.25, -0.2) is 8.78 Å². The van der Waals surface area contributed by atoms with Crippen LogP contribution in [0.5, 0.6) is 0 Å². The molecule has 0 bridgehead atoms. The minimum Gasteiger partial charge on any atom is -0.206 e. The first-order chi connectivity index (χ1) is 8.70. The number of nitriles is 1. The molecule has 0 aliphatic rings. The van der Waals surface area contributed by atoms with Crippen LogP contribution >= 0.6 is 11.8 Å². The van der Waals surface area contributed by atoms with Crippen LogP contribution in [-0.4, -0.2) is 0 Å². The topological polar surface area (TPSA) is 23.8 Å². The molecule has 18 heavy (non-hydrogen) atoms. The van der Waals surface area contributed by atoms with E-state index in [-0.39, 0.29) is 11.4 Å². The van der Waals surface area contributed by atoms with Crippen molar-refractivity contribution in [1.82, 2.24) is 0 Å². The van der Waals surface area contributed by atoms with Gasteiger partial charge >= 0.3 is 0 Å². The zero-order valence-electron chi connectivity index (χ0n) is 9.36. The molecule has 0 heterocycles. The first-order valence-corrected chi connectivity index (χ1v) is 6.25. The third-order valence-corrected chi connectivity index (χ3v) is 3.50. The largest absolute Gasteiger partial charge is 0.206 e. The molecule has 0 aromatic heterocycles. The molecule has 0 spiro atoms. The van der Waals surface area contributed by atoms with Crippen LogP contribution in [0, 0.1) is 23.0 Å². The van der Waals surface area contributed by atoms with E-state index in [1.54, 1.807) is 30.3 Å². The molecule has 0 N–H and O–H groups in total. The summed E-state index contributed by atoms with van der Waals surface area (Å²) >= 11 is 1.32. The summed E-state index contributed by atoms with van der Waals surface area (Å²) in [6.45, 7) is 0. The van der Waals surface area contributed by atoms with E-state index in [0.717, 1.165) is 5.56 Å². The molecule has 0 aliphatic heterocycles. The predicted molar refractivity (Wildman–Crippen MR) is 67.1 cm³/mol. The molecule has 2 aromatic carbocycles. The van der Waals surface area contributed by atoms with Crippen molar-refractivity contribution in [1.29, 1.82) is 5.26 Å². The molecule has 0 saturated carbocycles. The highest BCUT2D eigenvalue weighted by Gasteiger charge is 2.05. The van der Waals surface area contributed by atoms with E-state index in [1.165, 1.54) is 30.0 Å². The summed E-state index contributed by atoms with van der Waals surface area (Å²) in [4.78, 5) is 0.542. The Morgan fingerprint density at radius 3 is 2.56 bits per heavy atom. The Bertz CT molecular complexity index is 605. The van der Waals surface area contributed by atoms with Crippen LogP contribution in [0.4, 0.5) is 8.78 Å². The van der Waals surface area contributed by atoms with Crippen molar-refractivity contribution in [2.75, 3.05) is 0 Å². The normalized spacial score (nSPS) is 10.1. The van der Waals surface area contributed by atoms with Crippen molar-refractivity contribution < 1.29 is 8.78 Å². The zero-order valence-corrected chi connectivity index (χ0v) is 10.2. The third kappa shape index (κ3) is 2.88. The quantitative estimate of drug-likeness (QED) is 0.776. The summed E-state index contributed by atoms with van der Waals surface area (Å²) in [6, 6.07) is 12.6. The number of thioether (sulfide) groups is 1. The monoisotopic (exact) mass is 261 g/mol. The molecule has 1 nitrogen and oxygen atoms in total. The van der Waals surface area contributed by atoms with Crippen LogP contribution in [0.1, 0.15) is 11.1 Å². The van der Waals surface area contributed by atoms with E-state index >= 15 is 0 Å². The SMILES string of the molecule is N#Cc1cc(CSc2ccccc2F)ccc1F. The molecule has 4 heteroatoms. The van der Waals surface area contributed by atoms with Gasteiger partial charge in [0.2, 0.25) is 0 Å². The average Bonchev–Trinajstić information content (AvgIpc) is 2.39. The van der Waals surface area contributed by atoms with E-state index < -0.39 is 5.82 Å². The Labute approximate surface area is 108 Å². The molecular weight excluding hydrogens is 252 g/mol. The summed E-state index contributed by atoms with van der Waals surface area (Å²) in [5, 5.41) is 8.72. The lowest BCUT2D eigenvalue weighted by molar-refractivity contribution is 0.602. The van der Waals surface area contributed by atoms with Gasteiger partial charge in [0.15, 0.2) is 0 Å². The maximum absolute atomic E-state index is 13.4. The van der Waals surface area contributed by atoms with Gasteiger partial charge in [0.1, 0.15) is 17.7 Å². The molecule has 0 aliphatic carbocycles. The summed E-state index contributed by atoms with van der Waals surface area (Å²) in [5.41, 5.74) is 0.808. The van der Waals surface area contributed by atoms with E-state index in [1.807, 2.05) is 0 Å². The maximum Gasteiger partial charge on any atom is 0.140 e. The molecule has 0 atom stereocenters. The smallest absolute Gasteiger partial charge is 0.140 e. The van der Waals surface area contributed by atoms with Gasteiger partial charge in [-0.3, -0.25) is 0 Å². The Balaban J connectivity index is 2.12. The second-order valence-corrected chi connectivity index (χ2v) is 4.66. The van der Waals surface area contributed by atoms with Crippen molar-refractivity contribution in [3.8, 4) is 6.07 Å². The van der Waals surface area contributed by atoms with E-state index in [2.05, 4.69) is 0 Å². The minimum atomic E-state index is -0.530. The molecule has 2 aromatic rings. The van der Waals surface area contributed by atoms with Crippen LogP contribution in [0.15, 0.2) is 47.4 Å². The average molecular weight is 261 g/mol. The van der Waals surface area contributed by atoms with Crippen molar-refractivity contribution >= 4 is 11.8 Å². The van der Waals surface area contributed by atoms with Gasteiger partial charge in [0, 0.05) is 10.6 Å². The van der Waals surface area contributed by atoms with E-state index in [4.69, 9.17) is 5.26 Å². The fourth-order valence-electron chi connectivity index (χ4n) is 1.47.